The van der Waals surface area contributed by atoms with Crippen molar-refractivity contribution < 1.29 is 9.59 Å². The summed E-state index contributed by atoms with van der Waals surface area (Å²) >= 11 is 0. The Morgan fingerprint density at radius 3 is 2.32 bits per heavy atom. The smallest absolute Gasteiger partial charge is 0.242 e. The fourth-order valence-electron chi connectivity index (χ4n) is 2.85. The Hall–Kier alpha value is -2.62. The van der Waals surface area contributed by atoms with Gasteiger partial charge in [-0.05, 0) is 37.0 Å². The van der Waals surface area contributed by atoms with E-state index in [1.54, 1.807) is 18.9 Å². The van der Waals surface area contributed by atoms with E-state index in [2.05, 4.69) is 5.32 Å². The highest BCUT2D eigenvalue weighted by Crippen LogP contribution is 2.12. The van der Waals surface area contributed by atoms with Gasteiger partial charge in [-0.3, -0.25) is 9.59 Å². The fourth-order valence-corrected chi connectivity index (χ4v) is 2.85. The normalized spacial score (nSPS) is 11.6. The van der Waals surface area contributed by atoms with Gasteiger partial charge < -0.3 is 10.2 Å². The zero-order valence-corrected chi connectivity index (χ0v) is 15.2. The second-order valence-corrected chi connectivity index (χ2v) is 6.22. The van der Waals surface area contributed by atoms with Crippen molar-refractivity contribution in [2.75, 3.05) is 13.6 Å². The molecule has 0 aliphatic carbocycles. The van der Waals surface area contributed by atoms with Crippen LogP contribution in [-0.2, 0) is 22.4 Å². The third-order valence-corrected chi connectivity index (χ3v) is 4.50. The number of likely N-dealkylation sites (N-methyl/N-ethyl adjacent to an activating group) is 1. The van der Waals surface area contributed by atoms with Gasteiger partial charge in [0.2, 0.25) is 11.8 Å². The third kappa shape index (κ3) is 5.18. The molecule has 2 aromatic rings. The molecule has 0 saturated carbocycles. The van der Waals surface area contributed by atoms with Crippen molar-refractivity contribution in [1.29, 1.82) is 0 Å². The molecule has 0 aliphatic rings. The molecule has 2 rings (SSSR count). The molecule has 0 aliphatic heterocycles. The molecule has 2 aromatic carbocycles. The van der Waals surface area contributed by atoms with Crippen molar-refractivity contribution in [3.63, 3.8) is 0 Å². The fraction of sp³-hybridized carbons (Fsp3) is 0.333. The predicted octanol–water partition coefficient (Wildman–Crippen LogP) is 2.74. The van der Waals surface area contributed by atoms with Crippen LogP contribution in [0, 0.1) is 6.92 Å². The monoisotopic (exact) mass is 338 g/mol. The van der Waals surface area contributed by atoms with E-state index in [0.29, 0.717) is 13.0 Å². The summed E-state index contributed by atoms with van der Waals surface area (Å²) in [7, 11) is 1.60. The SMILES string of the molecule is CNC(=O)[C@@H](C)N(CCc1ccccc1)C(=O)Cc1ccccc1C. The number of rotatable bonds is 7. The quantitative estimate of drug-likeness (QED) is 0.844. The standard InChI is InChI=1S/C21H26N2O2/c1-16-9-7-8-12-19(16)15-20(24)23(17(2)21(25)22-3)14-13-18-10-5-4-6-11-18/h4-12,17H,13-15H2,1-3H3,(H,22,25)/t17-/m1/s1. The predicted molar refractivity (Wildman–Crippen MR) is 100 cm³/mol. The lowest BCUT2D eigenvalue weighted by molar-refractivity contribution is -0.139. The lowest BCUT2D eigenvalue weighted by Gasteiger charge is -2.28. The summed E-state index contributed by atoms with van der Waals surface area (Å²) in [5, 5.41) is 2.64. The molecule has 0 radical (unpaired) electrons. The first-order valence-corrected chi connectivity index (χ1v) is 8.62. The molecule has 0 saturated heterocycles. The summed E-state index contributed by atoms with van der Waals surface area (Å²) in [5.74, 6) is -0.174. The molecular formula is C21H26N2O2. The molecule has 25 heavy (non-hydrogen) atoms. The van der Waals surface area contributed by atoms with Crippen LogP contribution in [0.3, 0.4) is 0 Å². The van der Waals surface area contributed by atoms with E-state index in [1.807, 2.05) is 61.5 Å². The average molecular weight is 338 g/mol. The van der Waals surface area contributed by atoms with Gasteiger partial charge in [0.15, 0.2) is 0 Å². The molecule has 0 heterocycles. The van der Waals surface area contributed by atoms with Crippen molar-refractivity contribution in [3.8, 4) is 0 Å². The van der Waals surface area contributed by atoms with Crippen LogP contribution >= 0.6 is 0 Å². The Morgan fingerprint density at radius 1 is 1.04 bits per heavy atom. The molecular weight excluding hydrogens is 312 g/mol. The van der Waals surface area contributed by atoms with Crippen molar-refractivity contribution >= 4 is 11.8 Å². The van der Waals surface area contributed by atoms with E-state index in [4.69, 9.17) is 0 Å². The van der Waals surface area contributed by atoms with Crippen LogP contribution < -0.4 is 5.32 Å². The van der Waals surface area contributed by atoms with Gasteiger partial charge in [-0.25, -0.2) is 0 Å². The average Bonchev–Trinajstić information content (AvgIpc) is 2.63. The number of hydrogen-bond donors (Lipinski definition) is 1. The first kappa shape index (κ1) is 18.7. The molecule has 0 unspecified atom stereocenters. The molecule has 2 amide bonds. The van der Waals surface area contributed by atoms with Crippen LogP contribution in [0.25, 0.3) is 0 Å². The van der Waals surface area contributed by atoms with E-state index in [1.165, 1.54) is 0 Å². The number of carbonyl (C=O) groups is 2. The summed E-state index contributed by atoms with van der Waals surface area (Å²) < 4.78 is 0. The van der Waals surface area contributed by atoms with Gasteiger partial charge >= 0.3 is 0 Å². The van der Waals surface area contributed by atoms with Crippen LogP contribution in [0.5, 0.6) is 0 Å². The van der Waals surface area contributed by atoms with Gasteiger partial charge in [-0.1, -0.05) is 54.6 Å². The molecule has 4 nitrogen and oxygen atoms in total. The van der Waals surface area contributed by atoms with Crippen LogP contribution in [0.1, 0.15) is 23.6 Å². The molecule has 1 N–H and O–H groups in total. The van der Waals surface area contributed by atoms with Crippen molar-refractivity contribution in [3.05, 3.63) is 71.3 Å². The van der Waals surface area contributed by atoms with E-state index in [9.17, 15) is 9.59 Å². The number of nitrogens with one attached hydrogen (secondary N) is 1. The highest BCUT2D eigenvalue weighted by Gasteiger charge is 2.25. The van der Waals surface area contributed by atoms with E-state index in [-0.39, 0.29) is 11.8 Å². The minimum atomic E-state index is -0.495. The number of nitrogens with zero attached hydrogens (tertiary/aromatic N) is 1. The van der Waals surface area contributed by atoms with Gasteiger partial charge in [0.25, 0.3) is 0 Å². The maximum Gasteiger partial charge on any atom is 0.242 e. The second kappa shape index (κ2) is 9.02. The summed E-state index contributed by atoms with van der Waals surface area (Å²) in [6, 6.07) is 17.4. The Kier molecular flexibility index (Phi) is 6.75. The molecule has 0 bridgehead atoms. The van der Waals surface area contributed by atoms with Crippen molar-refractivity contribution in [1.82, 2.24) is 10.2 Å². The zero-order valence-electron chi connectivity index (χ0n) is 15.2. The first-order valence-electron chi connectivity index (χ1n) is 8.62. The number of hydrogen-bond acceptors (Lipinski definition) is 2. The zero-order chi connectivity index (χ0) is 18.2. The van der Waals surface area contributed by atoms with E-state index < -0.39 is 6.04 Å². The number of amides is 2. The Labute approximate surface area is 149 Å². The highest BCUT2D eigenvalue weighted by atomic mass is 16.2. The lowest BCUT2D eigenvalue weighted by atomic mass is 10.0. The van der Waals surface area contributed by atoms with Crippen LogP contribution in [0.15, 0.2) is 54.6 Å². The van der Waals surface area contributed by atoms with E-state index in [0.717, 1.165) is 23.1 Å². The molecule has 0 fully saturated rings. The maximum atomic E-state index is 12.9. The summed E-state index contributed by atoms with van der Waals surface area (Å²) in [6.45, 7) is 4.29. The van der Waals surface area contributed by atoms with Gasteiger partial charge in [0, 0.05) is 13.6 Å². The Balaban J connectivity index is 2.13. The third-order valence-electron chi connectivity index (χ3n) is 4.50. The first-order chi connectivity index (χ1) is 12.0. The van der Waals surface area contributed by atoms with Crippen molar-refractivity contribution in [2.24, 2.45) is 0 Å². The molecule has 4 heteroatoms. The van der Waals surface area contributed by atoms with Gasteiger partial charge in [0.05, 0.1) is 6.42 Å². The Morgan fingerprint density at radius 2 is 1.68 bits per heavy atom. The second-order valence-electron chi connectivity index (χ2n) is 6.22. The largest absolute Gasteiger partial charge is 0.357 e. The molecule has 132 valence electrons. The van der Waals surface area contributed by atoms with Crippen LogP contribution in [0.2, 0.25) is 0 Å². The van der Waals surface area contributed by atoms with Gasteiger partial charge in [-0.15, -0.1) is 0 Å². The maximum absolute atomic E-state index is 12.9. The number of carbonyl (C=O) groups excluding carboxylic acids is 2. The topological polar surface area (TPSA) is 49.4 Å². The molecule has 0 aromatic heterocycles. The number of benzene rings is 2. The van der Waals surface area contributed by atoms with Crippen molar-refractivity contribution in [2.45, 2.75) is 32.7 Å². The highest BCUT2D eigenvalue weighted by molar-refractivity contribution is 5.88. The minimum Gasteiger partial charge on any atom is -0.357 e. The van der Waals surface area contributed by atoms with Gasteiger partial charge in [-0.2, -0.15) is 0 Å². The number of aryl methyl sites for hydroxylation is 1. The summed E-state index contributed by atoms with van der Waals surface area (Å²) in [4.78, 5) is 26.7. The Bertz CT molecular complexity index is 713. The molecule has 0 spiro atoms. The van der Waals surface area contributed by atoms with E-state index >= 15 is 0 Å². The summed E-state index contributed by atoms with van der Waals surface area (Å²) in [6.07, 6.45) is 1.03. The van der Waals surface area contributed by atoms with Gasteiger partial charge in [0.1, 0.15) is 6.04 Å². The summed E-state index contributed by atoms with van der Waals surface area (Å²) in [5.41, 5.74) is 3.24. The van der Waals surface area contributed by atoms with Crippen LogP contribution in [-0.4, -0.2) is 36.3 Å². The minimum absolute atomic E-state index is 0.0265. The lowest BCUT2D eigenvalue weighted by Crippen LogP contribution is -2.48. The molecule has 1 atom stereocenters. The van der Waals surface area contributed by atoms with Crippen LogP contribution in [0.4, 0.5) is 0 Å².